The van der Waals surface area contributed by atoms with Crippen LogP contribution in [0.1, 0.15) is 37.6 Å². The van der Waals surface area contributed by atoms with Gasteiger partial charge in [0.05, 0.1) is 8.22 Å². The second kappa shape index (κ2) is 4.48. The molecule has 0 aliphatic carbocycles. The van der Waals surface area contributed by atoms with Crippen LogP contribution < -0.4 is 5.46 Å². The fourth-order valence-corrected chi connectivity index (χ4v) is 1.21. The van der Waals surface area contributed by atoms with E-state index in [1.807, 2.05) is 0 Å². The highest BCUT2D eigenvalue weighted by molar-refractivity contribution is 6.62. The van der Waals surface area contributed by atoms with Gasteiger partial charge < -0.3 is 9.31 Å². The van der Waals surface area contributed by atoms with Crippen LogP contribution in [0.25, 0.3) is 0 Å². The first-order valence-corrected chi connectivity index (χ1v) is 4.84. The molecule has 5 heteroatoms. The summed E-state index contributed by atoms with van der Waals surface area (Å²) < 4.78 is 80.1. The summed E-state index contributed by atoms with van der Waals surface area (Å²) in [5, 5.41) is 9.28. The summed E-state index contributed by atoms with van der Waals surface area (Å²) >= 11 is 0. The Morgan fingerprint density at radius 1 is 1.59 bits per heavy atom. The van der Waals surface area contributed by atoms with Gasteiger partial charge in [-0.05, 0) is 12.9 Å². The third kappa shape index (κ3) is 2.66. The fourth-order valence-electron chi connectivity index (χ4n) is 1.21. The van der Waals surface area contributed by atoms with Crippen molar-refractivity contribution in [1.82, 2.24) is 4.98 Å². The maximum atomic E-state index is 9.28. The highest BCUT2D eigenvalue weighted by atomic mass is 16.6. The van der Waals surface area contributed by atoms with Gasteiger partial charge in [0, 0.05) is 33.8 Å². The molecule has 17 heavy (non-hydrogen) atoms. The number of hydrogen-bond donors (Lipinski definition) is 0. The van der Waals surface area contributed by atoms with Crippen molar-refractivity contribution in [3.05, 3.63) is 23.5 Å². The summed E-state index contributed by atoms with van der Waals surface area (Å²) in [5.41, 5.74) is -3.59. The Morgan fingerprint density at radius 2 is 2.29 bits per heavy atom. The van der Waals surface area contributed by atoms with Crippen LogP contribution in [0.2, 0.25) is 0 Å². The van der Waals surface area contributed by atoms with Crippen molar-refractivity contribution >= 4 is 12.6 Å². The Labute approximate surface area is 114 Å². The Hall–Kier alpha value is -1.38. The minimum atomic E-state index is -2.84. The molecule has 0 radical (unpaired) electrons. The summed E-state index contributed by atoms with van der Waals surface area (Å²) in [6, 6.07) is 0.0343. The zero-order valence-corrected chi connectivity index (χ0v) is 9.29. The molecule has 1 saturated heterocycles. The normalized spacial score (nSPS) is 33.2. The Balaban J connectivity index is 2.67. The molecule has 1 aromatic heterocycles. The largest absolute Gasteiger partial charge is 0.496 e. The minimum absolute atomic E-state index is 0.492. The predicted octanol–water partition coefficient (Wildman–Crippen LogP) is 1.03. The first-order chi connectivity index (χ1) is 11.6. The van der Waals surface area contributed by atoms with Crippen molar-refractivity contribution in [2.75, 3.05) is 13.1 Å². The van der Waals surface area contributed by atoms with E-state index in [0.717, 1.165) is 0 Å². The molecule has 1 aliphatic heterocycles. The lowest BCUT2D eigenvalue weighted by molar-refractivity contribution is 0.0342. The van der Waals surface area contributed by atoms with Crippen molar-refractivity contribution < 1.29 is 21.6 Å². The SMILES string of the molecule is [2H]c1c(C([2H])([2H])[2H])nc(C#N)c(B2OC([2H])([2H])C(C)(C)C([2H])([2H])O2)c1[2H]. The number of nitriles is 1. The van der Waals surface area contributed by atoms with Crippen LogP contribution in [0, 0.1) is 23.6 Å². The van der Waals surface area contributed by atoms with Gasteiger partial charge in [-0.1, -0.05) is 19.9 Å². The second-order valence-corrected chi connectivity index (χ2v) is 3.98. The van der Waals surface area contributed by atoms with Gasteiger partial charge in [0.25, 0.3) is 0 Å². The van der Waals surface area contributed by atoms with E-state index in [4.69, 9.17) is 21.6 Å². The van der Waals surface area contributed by atoms with Gasteiger partial charge in [-0.25, -0.2) is 4.98 Å². The molecule has 0 unspecified atom stereocenters. The summed E-state index contributed by atoms with van der Waals surface area (Å²) in [6.45, 7) is -5.44. The molecule has 1 aliphatic rings. The number of aryl methyl sites for hydroxylation is 1. The van der Waals surface area contributed by atoms with E-state index in [0.29, 0.717) is 0 Å². The molecule has 4 nitrogen and oxygen atoms in total. The Morgan fingerprint density at radius 3 is 2.88 bits per heavy atom. The van der Waals surface area contributed by atoms with Crippen molar-refractivity contribution in [3.63, 3.8) is 0 Å². The molecule has 0 bridgehead atoms. The molecule has 2 heterocycles. The predicted molar refractivity (Wildman–Crippen MR) is 64.8 cm³/mol. The topological polar surface area (TPSA) is 55.1 Å². The summed E-state index contributed by atoms with van der Waals surface area (Å²) in [6.07, 6.45) is 0. The maximum absolute atomic E-state index is 9.28. The van der Waals surface area contributed by atoms with Gasteiger partial charge >= 0.3 is 7.12 Å². The van der Waals surface area contributed by atoms with Crippen LogP contribution in [-0.4, -0.2) is 25.2 Å². The Kier molecular flexibility index (Phi) is 1.34. The van der Waals surface area contributed by atoms with E-state index < -0.39 is 61.4 Å². The van der Waals surface area contributed by atoms with Crippen molar-refractivity contribution in [2.24, 2.45) is 5.41 Å². The monoisotopic (exact) mass is 239 g/mol. The summed E-state index contributed by atoms with van der Waals surface area (Å²) in [5.74, 6) is 0. The molecular formula is C12H15BN2O2. The Bertz CT molecular complexity index is 768. The smallest absolute Gasteiger partial charge is 0.407 e. The molecule has 1 fully saturated rings. The molecule has 88 valence electrons. The van der Waals surface area contributed by atoms with Crippen LogP contribution in [0.3, 0.4) is 0 Å². The molecule has 0 N–H and O–H groups in total. The van der Waals surface area contributed by atoms with Crippen LogP contribution >= 0.6 is 0 Å². The number of pyridine rings is 1. The number of aromatic nitrogens is 1. The van der Waals surface area contributed by atoms with Gasteiger partial charge in [-0.3, -0.25) is 0 Å². The lowest BCUT2D eigenvalue weighted by atomic mass is 9.75. The number of rotatable bonds is 1. The average Bonchev–Trinajstić information content (AvgIpc) is 2.45. The molecule has 0 spiro atoms. The van der Waals surface area contributed by atoms with Crippen molar-refractivity contribution in [3.8, 4) is 6.07 Å². The third-order valence-corrected chi connectivity index (χ3v) is 1.98. The van der Waals surface area contributed by atoms with Gasteiger partial charge in [0.15, 0.2) is 0 Å². The zero-order valence-electron chi connectivity index (χ0n) is 18.3. The highest BCUT2D eigenvalue weighted by Gasteiger charge is 2.35. The van der Waals surface area contributed by atoms with Gasteiger partial charge in [0.1, 0.15) is 11.8 Å². The van der Waals surface area contributed by atoms with Crippen LogP contribution in [-0.2, 0) is 9.31 Å². The molecule has 2 rings (SSSR count). The highest BCUT2D eigenvalue weighted by Crippen LogP contribution is 2.21. The molecule has 0 aromatic carbocycles. The first-order valence-electron chi connectivity index (χ1n) is 9.34. The summed E-state index contributed by atoms with van der Waals surface area (Å²) in [7, 11) is -1.85. The minimum Gasteiger partial charge on any atom is -0.407 e. The average molecular weight is 239 g/mol. The van der Waals surface area contributed by atoms with Crippen LogP contribution in [0.5, 0.6) is 0 Å². The van der Waals surface area contributed by atoms with Gasteiger partial charge in [-0.15, -0.1) is 0 Å². The number of hydrogen-bond acceptors (Lipinski definition) is 4. The lowest BCUT2D eigenvalue weighted by Crippen LogP contribution is -2.48. The summed E-state index contributed by atoms with van der Waals surface area (Å²) in [4.78, 5) is 3.59. The standard InChI is InChI=1S/C12H15BN2O2/c1-9-4-5-10(11(6-14)15-9)13-16-7-12(2,3)8-17-13/h4-5H,7-8H2,1-3H3/i1D3,4D,5D,7D2,8D2. The van der Waals surface area contributed by atoms with E-state index in [-0.39, 0.29) is 0 Å². The lowest BCUT2D eigenvalue weighted by Gasteiger charge is -2.33. The molecule has 0 saturated carbocycles. The molecular weight excluding hydrogens is 215 g/mol. The van der Waals surface area contributed by atoms with E-state index in [9.17, 15) is 5.26 Å². The first kappa shape index (κ1) is 5.09. The van der Waals surface area contributed by atoms with Crippen molar-refractivity contribution in [2.45, 2.75) is 20.7 Å². The third-order valence-electron chi connectivity index (χ3n) is 1.98. The van der Waals surface area contributed by atoms with Crippen LogP contribution in [0.4, 0.5) is 0 Å². The molecule has 1 aromatic rings. The number of nitrogens with zero attached hydrogens (tertiary/aromatic N) is 2. The fraction of sp³-hybridized carbons (Fsp3) is 0.500. The molecule has 0 amide bonds. The van der Waals surface area contributed by atoms with E-state index >= 15 is 0 Å². The van der Waals surface area contributed by atoms with Gasteiger partial charge in [0.2, 0.25) is 0 Å². The van der Waals surface area contributed by atoms with Gasteiger partial charge in [-0.2, -0.15) is 5.26 Å². The van der Waals surface area contributed by atoms with Crippen molar-refractivity contribution in [1.29, 1.82) is 5.26 Å². The second-order valence-electron chi connectivity index (χ2n) is 3.98. The molecule has 0 atom stereocenters. The van der Waals surface area contributed by atoms with E-state index in [1.54, 1.807) is 6.07 Å². The quantitative estimate of drug-likeness (QED) is 0.687. The van der Waals surface area contributed by atoms with E-state index in [1.165, 1.54) is 13.8 Å². The van der Waals surface area contributed by atoms with E-state index in [2.05, 4.69) is 4.98 Å². The van der Waals surface area contributed by atoms with Crippen LogP contribution in [0.15, 0.2) is 12.1 Å². The zero-order chi connectivity index (χ0) is 20.3. The maximum Gasteiger partial charge on any atom is 0.496 e.